The van der Waals surface area contributed by atoms with Gasteiger partial charge < -0.3 is 15.2 Å². The molecule has 0 atom stereocenters. The lowest BCUT2D eigenvalue weighted by Crippen LogP contribution is -2.24. The van der Waals surface area contributed by atoms with E-state index in [1.165, 1.54) is 13.2 Å². The minimum absolute atomic E-state index is 0.348. The molecule has 2 aromatic rings. The molecule has 1 aromatic carbocycles. The molecule has 0 unspecified atom stereocenters. The molecule has 0 spiro atoms. The molecule has 102 valence electrons. The van der Waals surface area contributed by atoms with E-state index in [-0.39, 0.29) is 0 Å². The van der Waals surface area contributed by atoms with Crippen LogP contribution in [0.2, 0.25) is 0 Å². The van der Waals surface area contributed by atoms with E-state index in [9.17, 15) is 9.59 Å². The fraction of sp³-hybridized carbons (Fsp3) is 0.273. The number of rotatable bonds is 5. The van der Waals surface area contributed by atoms with Gasteiger partial charge in [-0.1, -0.05) is 0 Å². The number of benzene rings is 1. The van der Waals surface area contributed by atoms with Crippen LogP contribution in [0.4, 0.5) is 0 Å². The quantitative estimate of drug-likeness (QED) is 0.655. The number of hydrogen-bond donors (Lipinski definition) is 3. The second-order valence-corrected chi connectivity index (χ2v) is 3.67. The molecule has 0 saturated heterocycles. The molecular formula is C11H14N4O4. The average Bonchev–Trinajstić information content (AvgIpc) is 2.76. The first kappa shape index (κ1) is 13.0. The van der Waals surface area contributed by atoms with Crippen LogP contribution in [0.25, 0.3) is 5.69 Å². The van der Waals surface area contributed by atoms with Crippen LogP contribution in [0, 0.1) is 0 Å². The number of hydrogen-bond acceptors (Lipinski definition) is 5. The van der Waals surface area contributed by atoms with E-state index >= 15 is 0 Å². The molecule has 19 heavy (non-hydrogen) atoms. The molecule has 0 bridgehead atoms. The number of H-pyrrole nitrogens is 2. The van der Waals surface area contributed by atoms with E-state index in [2.05, 4.69) is 10.2 Å². The Bertz CT molecular complexity index is 642. The SMILES string of the molecule is COc1cc(-n2c(=O)[nH][nH]c2=O)ccc1OCCN. The zero-order valence-corrected chi connectivity index (χ0v) is 10.3. The summed E-state index contributed by atoms with van der Waals surface area (Å²) in [5.41, 5.74) is 4.63. The Labute approximate surface area is 107 Å². The molecular weight excluding hydrogens is 252 g/mol. The van der Waals surface area contributed by atoms with E-state index in [0.29, 0.717) is 30.3 Å². The molecule has 0 saturated carbocycles. The Kier molecular flexibility index (Phi) is 3.71. The van der Waals surface area contributed by atoms with Crippen molar-refractivity contribution < 1.29 is 9.47 Å². The van der Waals surface area contributed by atoms with Crippen molar-refractivity contribution in [1.29, 1.82) is 0 Å². The Morgan fingerprint density at radius 2 is 1.89 bits per heavy atom. The second kappa shape index (κ2) is 5.44. The molecule has 0 fully saturated rings. The van der Waals surface area contributed by atoms with Crippen LogP contribution in [-0.2, 0) is 0 Å². The maximum absolute atomic E-state index is 11.5. The van der Waals surface area contributed by atoms with Gasteiger partial charge in [-0.25, -0.2) is 24.4 Å². The summed E-state index contributed by atoms with van der Waals surface area (Å²) in [4.78, 5) is 23.0. The lowest BCUT2D eigenvalue weighted by molar-refractivity contribution is 0.302. The highest BCUT2D eigenvalue weighted by atomic mass is 16.5. The topological polar surface area (TPSA) is 115 Å². The summed E-state index contributed by atoms with van der Waals surface area (Å²) >= 11 is 0. The number of aromatic nitrogens is 3. The Morgan fingerprint density at radius 3 is 2.47 bits per heavy atom. The summed E-state index contributed by atoms with van der Waals surface area (Å²) in [6, 6.07) is 4.73. The van der Waals surface area contributed by atoms with Gasteiger partial charge in [0.2, 0.25) is 0 Å². The summed E-state index contributed by atoms with van der Waals surface area (Å²) < 4.78 is 11.5. The smallest absolute Gasteiger partial charge is 0.348 e. The second-order valence-electron chi connectivity index (χ2n) is 3.67. The molecule has 8 heteroatoms. The molecule has 2 rings (SSSR count). The highest BCUT2D eigenvalue weighted by Crippen LogP contribution is 2.28. The van der Waals surface area contributed by atoms with Crippen LogP contribution in [0.1, 0.15) is 0 Å². The van der Waals surface area contributed by atoms with E-state index in [4.69, 9.17) is 15.2 Å². The molecule has 0 aliphatic carbocycles. The summed E-state index contributed by atoms with van der Waals surface area (Å²) in [6.07, 6.45) is 0. The van der Waals surface area contributed by atoms with Gasteiger partial charge in [-0.05, 0) is 12.1 Å². The summed E-state index contributed by atoms with van der Waals surface area (Å²) in [7, 11) is 1.47. The predicted octanol–water partition coefficient (Wildman–Crippen LogP) is -0.800. The third-order valence-corrected chi connectivity index (χ3v) is 2.46. The van der Waals surface area contributed by atoms with Crippen molar-refractivity contribution in [3.63, 3.8) is 0 Å². The minimum Gasteiger partial charge on any atom is -0.493 e. The van der Waals surface area contributed by atoms with Gasteiger partial charge in [0.25, 0.3) is 0 Å². The molecule has 0 radical (unpaired) electrons. The lowest BCUT2D eigenvalue weighted by Gasteiger charge is -2.11. The van der Waals surface area contributed by atoms with E-state index < -0.39 is 11.4 Å². The molecule has 1 heterocycles. The fourth-order valence-electron chi connectivity index (χ4n) is 1.63. The zero-order chi connectivity index (χ0) is 13.8. The predicted molar refractivity (Wildman–Crippen MR) is 68.1 cm³/mol. The van der Waals surface area contributed by atoms with Gasteiger partial charge in [-0.2, -0.15) is 0 Å². The molecule has 8 nitrogen and oxygen atoms in total. The first-order valence-electron chi connectivity index (χ1n) is 5.58. The van der Waals surface area contributed by atoms with Crippen molar-refractivity contribution in [3.05, 3.63) is 39.2 Å². The fourth-order valence-corrected chi connectivity index (χ4v) is 1.63. The van der Waals surface area contributed by atoms with Gasteiger partial charge in [0.15, 0.2) is 11.5 Å². The number of ether oxygens (including phenoxy) is 2. The van der Waals surface area contributed by atoms with Crippen molar-refractivity contribution >= 4 is 0 Å². The van der Waals surface area contributed by atoms with Crippen LogP contribution in [0.15, 0.2) is 27.8 Å². The monoisotopic (exact) mass is 266 g/mol. The van der Waals surface area contributed by atoms with Gasteiger partial charge in [0.1, 0.15) is 6.61 Å². The minimum atomic E-state index is -0.553. The van der Waals surface area contributed by atoms with Gasteiger partial charge >= 0.3 is 11.4 Å². The first-order chi connectivity index (χ1) is 9.17. The van der Waals surface area contributed by atoms with Crippen LogP contribution < -0.4 is 26.6 Å². The van der Waals surface area contributed by atoms with Crippen LogP contribution in [0.5, 0.6) is 11.5 Å². The van der Waals surface area contributed by atoms with Crippen molar-refractivity contribution in [2.45, 2.75) is 0 Å². The molecule has 0 amide bonds. The van der Waals surface area contributed by atoms with Crippen molar-refractivity contribution in [2.75, 3.05) is 20.3 Å². The van der Waals surface area contributed by atoms with Gasteiger partial charge in [0.05, 0.1) is 12.8 Å². The van der Waals surface area contributed by atoms with Gasteiger partial charge in [-0.3, -0.25) is 0 Å². The van der Waals surface area contributed by atoms with E-state index in [1.54, 1.807) is 12.1 Å². The summed E-state index contributed by atoms with van der Waals surface area (Å²) in [5.74, 6) is 0.912. The number of nitrogens with two attached hydrogens (primary N) is 1. The van der Waals surface area contributed by atoms with Crippen molar-refractivity contribution in [2.24, 2.45) is 5.73 Å². The third kappa shape index (κ3) is 2.52. The van der Waals surface area contributed by atoms with E-state index in [1.807, 2.05) is 0 Å². The first-order valence-corrected chi connectivity index (χ1v) is 5.58. The largest absolute Gasteiger partial charge is 0.493 e. The van der Waals surface area contributed by atoms with Crippen molar-refractivity contribution in [1.82, 2.24) is 14.8 Å². The van der Waals surface area contributed by atoms with Gasteiger partial charge in [-0.15, -0.1) is 0 Å². The molecule has 0 aliphatic heterocycles. The molecule has 1 aromatic heterocycles. The Hall–Kier alpha value is -2.48. The highest BCUT2D eigenvalue weighted by Gasteiger charge is 2.10. The number of nitrogens with zero attached hydrogens (tertiary/aromatic N) is 1. The van der Waals surface area contributed by atoms with Crippen molar-refractivity contribution in [3.8, 4) is 17.2 Å². The number of nitrogens with one attached hydrogen (secondary N) is 2. The average molecular weight is 266 g/mol. The number of methoxy groups -OCH3 is 1. The lowest BCUT2D eigenvalue weighted by atomic mass is 10.2. The maximum atomic E-state index is 11.5. The number of aromatic amines is 2. The van der Waals surface area contributed by atoms with Crippen LogP contribution in [0.3, 0.4) is 0 Å². The third-order valence-electron chi connectivity index (χ3n) is 2.46. The van der Waals surface area contributed by atoms with E-state index in [0.717, 1.165) is 4.57 Å². The maximum Gasteiger partial charge on any atom is 0.348 e. The van der Waals surface area contributed by atoms with Gasteiger partial charge in [0, 0.05) is 12.6 Å². The molecule has 0 aliphatic rings. The van der Waals surface area contributed by atoms with Crippen LogP contribution >= 0.6 is 0 Å². The highest BCUT2D eigenvalue weighted by molar-refractivity contribution is 5.48. The van der Waals surface area contributed by atoms with Crippen LogP contribution in [-0.4, -0.2) is 35.0 Å². The Morgan fingerprint density at radius 1 is 1.21 bits per heavy atom. The zero-order valence-electron chi connectivity index (χ0n) is 10.3. The summed E-state index contributed by atoms with van der Waals surface area (Å²) in [5, 5.41) is 4.41. The standard InChI is InChI=1S/C11H14N4O4/c1-18-9-6-7(2-3-8(9)19-5-4-12)15-10(16)13-14-11(15)17/h2-3,6H,4-5,12H2,1H3,(H,13,16)(H,14,17). The molecule has 4 N–H and O–H groups in total. The normalized spacial score (nSPS) is 10.4. The Balaban J connectivity index is 2.45. The summed E-state index contributed by atoms with van der Waals surface area (Å²) in [6.45, 7) is 0.724.